The maximum Gasteiger partial charge on any atom is 0.330 e. The normalized spacial score (nSPS) is 33.5. The highest BCUT2D eigenvalue weighted by Gasteiger charge is 2.44. The molecular weight excluding hydrogens is 146 g/mol. The van der Waals surface area contributed by atoms with Crippen molar-refractivity contribution in [2.45, 2.75) is 18.5 Å². The lowest BCUT2D eigenvalue weighted by Gasteiger charge is -2.36. The van der Waals surface area contributed by atoms with Gasteiger partial charge in [0.15, 0.2) is 0 Å². The van der Waals surface area contributed by atoms with Gasteiger partial charge in [-0.1, -0.05) is 12.2 Å². The molecule has 2 atom stereocenters. The fraction of sp³-hybridized carbons (Fsp3) is 0.429. The van der Waals surface area contributed by atoms with E-state index in [1.807, 2.05) is 0 Å². The molecule has 1 N–H and O–H groups in total. The Labute approximate surface area is 63.1 Å². The lowest BCUT2D eigenvalue weighted by atomic mass is 10.0. The number of aliphatic carboxylic acids is 1. The van der Waals surface area contributed by atoms with E-state index in [4.69, 9.17) is 5.11 Å². The Balaban J connectivity index is 2.20. The largest absolute Gasteiger partial charge is 0.479 e. The number of carbonyl (C=O) groups is 2. The molecule has 1 amide bonds. The summed E-state index contributed by atoms with van der Waals surface area (Å²) in [5.74, 6) is -1.01. The van der Waals surface area contributed by atoms with Crippen LogP contribution in [0, 0.1) is 0 Å². The zero-order chi connectivity index (χ0) is 8.01. The summed E-state index contributed by atoms with van der Waals surface area (Å²) in [6.07, 6.45) is 3.82. The van der Waals surface area contributed by atoms with Gasteiger partial charge in [-0.3, -0.25) is 4.79 Å². The number of amides is 1. The fourth-order valence-corrected chi connectivity index (χ4v) is 1.50. The molecule has 0 saturated carbocycles. The Morgan fingerprint density at radius 3 is 2.82 bits per heavy atom. The van der Waals surface area contributed by atoms with Crippen LogP contribution in [0.2, 0.25) is 0 Å². The number of β-lactam (4-membered cyclic amide) rings is 1. The van der Waals surface area contributed by atoms with Gasteiger partial charge in [0.05, 0.1) is 12.5 Å². The van der Waals surface area contributed by atoms with Crippen LogP contribution in [-0.2, 0) is 9.59 Å². The van der Waals surface area contributed by atoms with Crippen molar-refractivity contribution in [1.29, 1.82) is 0 Å². The fourth-order valence-electron chi connectivity index (χ4n) is 1.50. The van der Waals surface area contributed by atoms with E-state index in [2.05, 4.69) is 0 Å². The molecule has 4 heteroatoms. The van der Waals surface area contributed by atoms with Gasteiger partial charge in [0.25, 0.3) is 0 Å². The first-order valence-electron chi connectivity index (χ1n) is 3.42. The van der Waals surface area contributed by atoms with Gasteiger partial charge in [-0.25, -0.2) is 4.79 Å². The number of carboxylic acids is 1. The number of hydrogen-bond donors (Lipinski definition) is 1. The van der Waals surface area contributed by atoms with Crippen LogP contribution in [0.1, 0.15) is 6.42 Å². The van der Waals surface area contributed by atoms with Crippen molar-refractivity contribution < 1.29 is 14.7 Å². The Kier molecular flexibility index (Phi) is 1.07. The highest BCUT2D eigenvalue weighted by molar-refractivity contribution is 5.91. The highest BCUT2D eigenvalue weighted by Crippen LogP contribution is 2.29. The minimum Gasteiger partial charge on any atom is -0.479 e. The van der Waals surface area contributed by atoms with Crippen LogP contribution < -0.4 is 0 Å². The van der Waals surface area contributed by atoms with Crippen LogP contribution in [-0.4, -0.2) is 34.0 Å². The zero-order valence-electron chi connectivity index (χ0n) is 5.73. The second-order valence-corrected chi connectivity index (χ2v) is 2.74. The predicted molar refractivity (Wildman–Crippen MR) is 35.8 cm³/mol. The standard InChI is InChI=1S/C7H7NO3/c9-6-3-4-1-2-5(7(10)11)8(4)6/h1-2,4-5H,3H2,(H,10,11)/t4-,5-/m1/s1. The molecule has 0 unspecified atom stereocenters. The van der Waals surface area contributed by atoms with E-state index >= 15 is 0 Å². The van der Waals surface area contributed by atoms with Gasteiger partial charge < -0.3 is 10.0 Å². The molecule has 1 saturated heterocycles. The van der Waals surface area contributed by atoms with E-state index in [1.54, 1.807) is 12.2 Å². The molecule has 0 aromatic rings. The van der Waals surface area contributed by atoms with E-state index < -0.39 is 12.0 Å². The highest BCUT2D eigenvalue weighted by atomic mass is 16.4. The van der Waals surface area contributed by atoms with Crippen LogP contribution in [0.3, 0.4) is 0 Å². The van der Waals surface area contributed by atoms with E-state index in [-0.39, 0.29) is 11.9 Å². The van der Waals surface area contributed by atoms with Gasteiger partial charge in [0, 0.05) is 0 Å². The summed E-state index contributed by atoms with van der Waals surface area (Å²) >= 11 is 0. The Hall–Kier alpha value is -1.32. The minimum atomic E-state index is -0.947. The predicted octanol–water partition coefficient (Wildman–Crippen LogP) is -0.390. The number of rotatable bonds is 1. The van der Waals surface area contributed by atoms with Gasteiger partial charge in [-0.2, -0.15) is 0 Å². The average Bonchev–Trinajstić information content (AvgIpc) is 2.25. The number of fused-ring (bicyclic) bond motifs is 1. The van der Waals surface area contributed by atoms with Crippen LogP contribution >= 0.6 is 0 Å². The molecule has 0 radical (unpaired) electrons. The molecule has 0 aromatic carbocycles. The van der Waals surface area contributed by atoms with Gasteiger partial charge >= 0.3 is 5.97 Å². The van der Waals surface area contributed by atoms with E-state index in [9.17, 15) is 9.59 Å². The molecule has 0 spiro atoms. The first kappa shape index (κ1) is 6.39. The van der Waals surface area contributed by atoms with Crippen molar-refractivity contribution in [3.63, 3.8) is 0 Å². The number of nitrogens with zero attached hydrogens (tertiary/aromatic N) is 1. The van der Waals surface area contributed by atoms with E-state index in [0.29, 0.717) is 6.42 Å². The van der Waals surface area contributed by atoms with Crippen molar-refractivity contribution in [1.82, 2.24) is 4.90 Å². The molecule has 2 rings (SSSR count). The summed E-state index contributed by atoms with van der Waals surface area (Å²) < 4.78 is 0. The summed E-state index contributed by atoms with van der Waals surface area (Å²) in [5.41, 5.74) is 0. The van der Waals surface area contributed by atoms with Crippen molar-refractivity contribution in [3.8, 4) is 0 Å². The molecule has 2 aliphatic heterocycles. The first-order valence-corrected chi connectivity index (χ1v) is 3.42. The van der Waals surface area contributed by atoms with Gasteiger partial charge in [0.2, 0.25) is 5.91 Å². The SMILES string of the molecule is O=C(O)[C@H]1C=C[C@@H]2CC(=O)N21. The van der Waals surface area contributed by atoms with Gasteiger partial charge in [0.1, 0.15) is 6.04 Å². The first-order chi connectivity index (χ1) is 5.20. The van der Waals surface area contributed by atoms with Crippen LogP contribution in [0.25, 0.3) is 0 Å². The number of hydrogen-bond acceptors (Lipinski definition) is 2. The molecule has 2 heterocycles. The molecule has 1 fully saturated rings. The van der Waals surface area contributed by atoms with Crippen LogP contribution in [0.4, 0.5) is 0 Å². The summed E-state index contributed by atoms with van der Waals surface area (Å²) in [5, 5.41) is 8.61. The number of carbonyl (C=O) groups excluding carboxylic acids is 1. The second kappa shape index (κ2) is 1.84. The third-order valence-electron chi connectivity index (χ3n) is 2.10. The monoisotopic (exact) mass is 153 g/mol. The third kappa shape index (κ3) is 0.691. The quantitative estimate of drug-likeness (QED) is 0.412. The number of carboxylic acid groups (broad SMARTS) is 1. The summed E-state index contributed by atoms with van der Waals surface area (Å²) in [4.78, 5) is 22.7. The van der Waals surface area contributed by atoms with Crippen molar-refractivity contribution >= 4 is 11.9 Å². The van der Waals surface area contributed by atoms with Crippen molar-refractivity contribution in [2.75, 3.05) is 0 Å². The maximum atomic E-state index is 10.8. The van der Waals surface area contributed by atoms with Gasteiger partial charge in [-0.05, 0) is 0 Å². The molecule has 11 heavy (non-hydrogen) atoms. The maximum absolute atomic E-state index is 10.8. The third-order valence-corrected chi connectivity index (χ3v) is 2.10. The molecular formula is C7H7NO3. The smallest absolute Gasteiger partial charge is 0.330 e. The second-order valence-electron chi connectivity index (χ2n) is 2.74. The molecule has 0 aliphatic carbocycles. The van der Waals surface area contributed by atoms with Crippen LogP contribution in [0.5, 0.6) is 0 Å². The molecule has 0 aromatic heterocycles. The van der Waals surface area contributed by atoms with E-state index in [1.165, 1.54) is 4.90 Å². The Bertz CT molecular complexity index is 258. The lowest BCUT2D eigenvalue weighted by Crippen LogP contribution is -2.54. The molecule has 2 aliphatic rings. The van der Waals surface area contributed by atoms with Crippen LogP contribution in [0.15, 0.2) is 12.2 Å². The lowest BCUT2D eigenvalue weighted by molar-refractivity contribution is -0.155. The Morgan fingerprint density at radius 2 is 2.36 bits per heavy atom. The molecule has 4 nitrogen and oxygen atoms in total. The topological polar surface area (TPSA) is 57.6 Å². The van der Waals surface area contributed by atoms with E-state index in [0.717, 1.165) is 0 Å². The van der Waals surface area contributed by atoms with Crippen molar-refractivity contribution in [2.24, 2.45) is 0 Å². The molecule has 58 valence electrons. The molecule has 0 bridgehead atoms. The zero-order valence-corrected chi connectivity index (χ0v) is 5.73. The summed E-state index contributed by atoms with van der Waals surface area (Å²) in [6.45, 7) is 0. The summed E-state index contributed by atoms with van der Waals surface area (Å²) in [6, 6.07) is -0.648. The average molecular weight is 153 g/mol. The summed E-state index contributed by atoms with van der Waals surface area (Å²) in [7, 11) is 0. The Morgan fingerprint density at radius 1 is 1.64 bits per heavy atom. The van der Waals surface area contributed by atoms with Crippen molar-refractivity contribution in [3.05, 3.63) is 12.2 Å². The minimum absolute atomic E-state index is 0.0589. The van der Waals surface area contributed by atoms with Gasteiger partial charge in [-0.15, -0.1) is 0 Å².